The van der Waals surface area contributed by atoms with Gasteiger partial charge in [-0.15, -0.1) is 0 Å². The number of amides is 1. The Labute approximate surface area is 149 Å². The van der Waals surface area contributed by atoms with Crippen molar-refractivity contribution in [1.82, 2.24) is 10.3 Å². The lowest BCUT2D eigenvalue weighted by molar-refractivity contribution is -0.125. The van der Waals surface area contributed by atoms with Gasteiger partial charge < -0.3 is 16.0 Å². The zero-order valence-corrected chi connectivity index (χ0v) is 14.7. The normalized spacial score (nSPS) is 16.5. The van der Waals surface area contributed by atoms with Gasteiger partial charge in [0, 0.05) is 31.9 Å². The third-order valence-corrected chi connectivity index (χ3v) is 4.84. The molecule has 1 aromatic carbocycles. The summed E-state index contributed by atoms with van der Waals surface area (Å²) in [6.45, 7) is 4.50. The smallest absolute Gasteiger partial charge is 0.225 e. The lowest BCUT2D eigenvalue weighted by Crippen LogP contribution is -2.35. The Morgan fingerprint density at radius 3 is 2.56 bits per heavy atom. The molecule has 0 saturated carbocycles. The Kier molecular flexibility index (Phi) is 5.66. The van der Waals surface area contributed by atoms with Crippen LogP contribution in [0.3, 0.4) is 0 Å². The molecule has 132 valence electrons. The van der Waals surface area contributed by atoms with Crippen LogP contribution < -0.4 is 16.0 Å². The first-order valence-electron chi connectivity index (χ1n) is 8.93. The summed E-state index contributed by atoms with van der Waals surface area (Å²) >= 11 is 0. The minimum atomic E-state index is -0.308. The quantitative estimate of drug-likeness (QED) is 0.849. The van der Waals surface area contributed by atoms with Crippen LogP contribution in [0.2, 0.25) is 0 Å². The van der Waals surface area contributed by atoms with Gasteiger partial charge in [0.2, 0.25) is 5.91 Å². The molecule has 3 N–H and O–H groups in total. The van der Waals surface area contributed by atoms with Gasteiger partial charge in [0.15, 0.2) is 0 Å². The van der Waals surface area contributed by atoms with E-state index in [1.54, 1.807) is 0 Å². The Hall–Kier alpha value is -2.40. The van der Waals surface area contributed by atoms with Crippen LogP contribution >= 0.6 is 0 Å². The summed E-state index contributed by atoms with van der Waals surface area (Å²) in [5.41, 5.74) is 8.19. The minimum Gasteiger partial charge on any atom is -0.357 e. The van der Waals surface area contributed by atoms with Crippen LogP contribution in [0.25, 0.3) is 0 Å². The number of hydrogen-bond acceptors (Lipinski definition) is 4. The summed E-state index contributed by atoms with van der Waals surface area (Å²) in [5, 5.41) is 2.97. The van der Waals surface area contributed by atoms with E-state index in [0.29, 0.717) is 6.54 Å². The summed E-state index contributed by atoms with van der Waals surface area (Å²) < 4.78 is 0. The van der Waals surface area contributed by atoms with Gasteiger partial charge in [-0.25, -0.2) is 4.98 Å². The molecule has 0 bridgehead atoms. The fraction of sp³-hybridized carbons (Fsp3) is 0.400. The van der Waals surface area contributed by atoms with Crippen LogP contribution in [-0.2, 0) is 11.3 Å². The van der Waals surface area contributed by atoms with Crippen molar-refractivity contribution in [2.45, 2.75) is 32.4 Å². The molecule has 0 aliphatic carbocycles. The first-order chi connectivity index (χ1) is 12.1. The Morgan fingerprint density at radius 2 is 1.92 bits per heavy atom. The van der Waals surface area contributed by atoms with Crippen LogP contribution in [0, 0.1) is 5.92 Å². The molecule has 1 amide bonds. The number of nitrogens with zero attached hydrogens (tertiary/aromatic N) is 2. The van der Waals surface area contributed by atoms with Crippen molar-refractivity contribution in [3.8, 4) is 0 Å². The van der Waals surface area contributed by atoms with E-state index in [0.717, 1.165) is 30.0 Å². The fourth-order valence-corrected chi connectivity index (χ4v) is 3.13. The highest BCUT2D eigenvalue weighted by Crippen LogP contribution is 2.20. The Balaban J connectivity index is 1.53. The molecule has 2 unspecified atom stereocenters. The molecule has 25 heavy (non-hydrogen) atoms. The molecule has 0 spiro atoms. The molecule has 5 nitrogen and oxygen atoms in total. The number of carbonyl (C=O) groups excluding carboxylic acids is 1. The number of carbonyl (C=O) groups is 1. The SMILES string of the molecule is CC(C(=O)NCc1ccc(N2CCCC2)nc1)C(N)c1ccccc1. The van der Waals surface area contributed by atoms with Crippen molar-refractivity contribution >= 4 is 11.7 Å². The van der Waals surface area contributed by atoms with E-state index < -0.39 is 0 Å². The van der Waals surface area contributed by atoms with E-state index in [2.05, 4.69) is 15.2 Å². The molecule has 1 aromatic heterocycles. The van der Waals surface area contributed by atoms with Crippen LogP contribution in [0.4, 0.5) is 5.82 Å². The highest BCUT2D eigenvalue weighted by molar-refractivity contribution is 5.79. The average molecular weight is 338 g/mol. The number of nitrogens with one attached hydrogen (secondary N) is 1. The number of benzene rings is 1. The van der Waals surface area contributed by atoms with Gasteiger partial charge >= 0.3 is 0 Å². The van der Waals surface area contributed by atoms with Gasteiger partial charge in [0.1, 0.15) is 5.82 Å². The maximum Gasteiger partial charge on any atom is 0.225 e. The summed E-state index contributed by atoms with van der Waals surface area (Å²) in [6.07, 6.45) is 4.31. The maximum absolute atomic E-state index is 12.4. The lowest BCUT2D eigenvalue weighted by Gasteiger charge is -2.20. The highest BCUT2D eigenvalue weighted by atomic mass is 16.1. The summed E-state index contributed by atoms with van der Waals surface area (Å²) in [5.74, 6) is 0.686. The average Bonchev–Trinajstić information content (AvgIpc) is 3.21. The van der Waals surface area contributed by atoms with Crippen molar-refractivity contribution in [3.05, 3.63) is 59.8 Å². The topological polar surface area (TPSA) is 71.2 Å². The molecule has 5 heteroatoms. The molecular formula is C20H26N4O. The van der Waals surface area contributed by atoms with Gasteiger partial charge in [0.25, 0.3) is 0 Å². The second-order valence-electron chi connectivity index (χ2n) is 6.66. The molecule has 2 heterocycles. The third-order valence-electron chi connectivity index (χ3n) is 4.84. The van der Waals surface area contributed by atoms with Crippen LogP contribution in [0.5, 0.6) is 0 Å². The van der Waals surface area contributed by atoms with E-state index in [1.807, 2.05) is 55.6 Å². The monoisotopic (exact) mass is 338 g/mol. The molecule has 2 atom stereocenters. The van der Waals surface area contributed by atoms with Crippen molar-refractivity contribution in [2.24, 2.45) is 11.7 Å². The van der Waals surface area contributed by atoms with Gasteiger partial charge in [-0.1, -0.05) is 43.3 Å². The zero-order valence-electron chi connectivity index (χ0n) is 14.7. The highest BCUT2D eigenvalue weighted by Gasteiger charge is 2.21. The van der Waals surface area contributed by atoms with Crippen molar-refractivity contribution < 1.29 is 4.79 Å². The molecule has 3 rings (SSSR count). The molecule has 2 aromatic rings. The van der Waals surface area contributed by atoms with E-state index in [4.69, 9.17) is 5.73 Å². The van der Waals surface area contributed by atoms with Gasteiger partial charge in [-0.05, 0) is 30.0 Å². The number of pyridine rings is 1. The fourth-order valence-electron chi connectivity index (χ4n) is 3.13. The van der Waals surface area contributed by atoms with Gasteiger partial charge in [-0.3, -0.25) is 4.79 Å². The van der Waals surface area contributed by atoms with Crippen molar-refractivity contribution in [3.63, 3.8) is 0 Å². The van der Waals surface area contributed by atoms with E-state index >= 15 is 0 Å². The second kappa shape index (κ2) is 8.12. The lowest BCUT2D eigenvalue weighted by atomic mass is 9.94. The predicted octanol–water partition coefficient (Wildman–Crippen LogP) is 2.63. The van der Waals surface area contributed by atoms with Crippen LogP contribution in [0.15, 0.2) is 48.7 Å². The van der Waals surface area contributed by atoms with Crippen LogP contribution in [-0.4, -0.2) is 24.0 Å². The van der Waals surface area contributed by atoms with E-state index in [-0.39, 0.29) is 17.9 Å². The third kappa shape index (κ3) is 4.37. The molecule has 1 aliphatic rings. The molecule has 0 radical (unpaired) electrons. The number of aromatic nitrogens is 1. The molecular weight excluding hydrogens is 312 g/mol. The summed E-state index contributed by atoms with van der Waals surface area (Å²) in [7, 11) is 0. The number of anilines is 1. The number of nitrogens with two attached hydrogens (primary N) is 1. The number of hydrogen-bond donors (Lipinski definition) is 2. The molecule has 1 aliphatic heterocycles. The first-order valence-corrected chi connectivity index (χ1v) is 8.93. The minimum absolute atomic E-state index is 0.0417. The predicted molar refractivity (Wildman–Crippen MR) is 100 cm³/mol. The Bertz CT molecular complexity index is 681. The Morgan fingerprint density at radius 1 is 1.20 bits per heavy atom. The van der Waals surface area contributed by atoms with Crippen molar-refractivity contribution in [2.75, 3.05) is 18.0 Å². The largest absolute Gasteiger partial charge is 0.357 e. The zero-order chi connectivity index (χ0) is 17.6. The van der Waals surface area contributed by atoms with Gasteiger partial charge in [0.05, 0.1) is 5.92 Å². The van der Waals surface area contributed by atoms with Crippen LogP contribution in [0.1, 0.15) is 36.9 Å². The molecule has 1 saturated heterocycles. The molecule has 1 fully saturated rings. The summed E-state index contributed by atoms with van der Waals surface area (Å²) in [6, 6.07) is 13.5. The standard InChI is InChI=1S/C20H26N4O/c1-15(19(21)17-7-3-2-4-8-17)20(25)23-14-16-9-10-18(22-13-16)24-11-5-6-12-24/h2-4,7-10,13,15,19H,5-6,11-12,14,21H2,1H3,(H,23,25). The van der Waals surface area contributed by atoms with E-state index in [1.165, 1.54) is 12.8 Å². The van der Waals surface area contributed by atoms with Gasteiger partial charge in [-0.2, -0.15) is 0 Å². The second-order valence-corrected chi connectivity index (χ2v) is 6.66. The van der Waals surface area contributed by atoms with E-state index in [9.17, 15) is 4.79 Å². The summed E-state index contributed by atoms with van der Waals surface area (Å²) in [4.78, 5) is 19.2. The number of rotatable bonds is 6. The van der Waals surface area contributed by atoms with Crippen molar-refractivity contribution in [1.29, 1.82) is 0 Å². The first kappa shape index (κ1) is 17.4. The maximum atomic E-state index is 12.4.